The molecule has 1 saturated carbocycles. The maximum absolute atomic E-state index is 4.75. The van der Waals surface area contributed by atoms with Gasteiger partial charge >= 0.3 is 0 Å². The molecule has 3 aromatic heterocycles. The Morgan fingerprint density at radius 2 is 2.04 bits per heavy atom. The van der Waals surface area contributed by atoms with E-state index in [4.69, 9.17) is 4.98 Å². The number of aryl methyl sites for hydroxylation is 2. The Morgan fingerprint density at radius 1 is 1.25 bits per heavy atom. The largest absolute Gasteiger partial charge is 0.361 e. The van der Waals surface area contributed by atoms with E-state index in [2.05, 4.69) is 34.2 Å². The first-order valence-corrected chi connectivity index (χ1v) is 10.1. The van der Waals surface area contributed by atoms with Crippen LogP contribution < -0.4 is 10.2 Å². The molecule has 0 bridgehead atoms. The van der Waals surface area contributed by atoms with Crippen molar-refractivity contribution in [2.24, 2.45) is 5.92 Å². The Balaban J connectivity index is 1.79. The molecular formula is C21H29N7. The van der Waals surface area contributed by atoms with E-state index in [0.717, 1.165) is 34.5 Å². The lowest BCUT2D eigenvalue weighted by atomic mass is 9.92. The van der Waals surface area contributed by atoms with Crippen LogP contribution in [0.4, 0.5) is 17.5 Å². The lowest BCUT2D eigenvalue weighted by Crippen LogP contribution is -2.15. The monoisotopic (exact) mass is 379 g/mol. The van der Waals surface area contributed by atoms with Crippen LogP contribution in [0.2, 0.25) is 0 Å². The SMILES string of the molecule is CCCC(c1cnn2c(Nc3c(C)ccnc3N(C)C)nc(C)nc12)C1CC1. The zero-order valence-corrected chi connectivity index (χ0v) is 17.4. The van der Waals surface area contributed by atoms with Gasteiger partial charge in [0.15, 0.2) is 11.5 Å². The summed E-state index contributed by atoms with van der Waals surface area (Å²) in [7, 11) is 3.98. The fourth-order valence-electron chi connectivity index (χ4n) is 3.95. The van der Waals surface area contributed by atoms with Crippen LogP contribution in [0.5, 0.6) is 0 Å². The molecule has 148 valence electrons. The molecule has 0 aromatic carbocycles. The molecule has 0 aliphatic heterocycles. The molecule has 1 aliphatic rings. The number of hydrogen-bond acceptors (Lipinski definition) is 6. The molecule has 3 heterocycles. The third kappa shape index (κ3) is 3.41. The molecule has 1 N–H and O–H groups in total. The van der Waals surface area contributed by atoms with E-state index < -0.39 is 0 Å². The molecular weight excluding hydrogens is 350 g/mol. The summed E-state index contributed by atoms with van der Waals surface area (Å²) in [5, 5.41) is 8.15. The van der Waals surface area contributed by atoms with Crippen LogP contribution in [-0.2, 0) is 0 Å². The number of hydrogen-bond donors (Lipinski definition) is 1. The highest BCUT2D eigenvalue weighted by Gasteiger charge is 2.34. The van der Waals surface area contributed by atoms with E-state index in [1.807, 2.05) is 48.9 Å². The van der Waals surface area contributed by atoms with Gasteiger partial charge in [0.05, 0.1) is 11.9 Å². The Kier molecular flexibility index (Phi) is 4.91. The second-order valence-corrected chi connectivity index (χ2v) is 8.01. The van der Waals surface area contributed by atoms with Crippen LogP contribution in [0.1, 0.15) is 55.5 Å². The highest BCUT2D eigenvalue weighted by Crippen LogP contribution is 2.46. The van der Waals surface area contributed by atoms with E-state index in [-0.39, 0.29) is 0 Å². The van der Waals surface area contributed by atoms with Gasteiger partial charge in [-0.2, -0.15) is 14.6 Å². The van der Waals surface area contributed by atoms with Gasteiger partial charge in [0.2, 0.25) is 5.95 Å². The first-order valence-electron chi connectivity index (χ1n) is 10.1. The third-order valence-corrected chi connectivity index (χ3v) is 5.50. The first-order chi connectivity index (χ1) is 13.5. The maximum atomic E-state index is 4.75. The van der Waals surface area contributed by atoms with E-state index >= 15 is 0 Å². The van der Waals surface area contributed by atoms with Gasteiger partial charge in [-0.25, -0.2) is 9.97 Å². The Labute approximate surface area is 166 Å². The van der Waals surface area contributed by atoms with Crippen molar-refractivity contribution in [3.8, 4) is 0 Å². The van der Waals surface area contributed by atoms with Crippen LogP contribution in [0.25, 0.3) is 5.65 Å². The summed E-state index contributed by atoms with van der Waals surface area (Å²) < 4.78 is 1.85. The topological polar surface area (TPSA) is 71.2 Å². The van der Waals surface area contributed by atoms with Crippen LogP contribution in [0, 0.1) is 19.8 Å². The molecule has 7 heteroatoms. The zero-order valence-electron chi connectivity index (χ0n) is 17.4. The van der Waals surface area contributed by atoms with E-state index in [1.54, 1.807) is 0 Å². The van der Waals surface area contributed by atoms with Crippen molar-refractivity contribution in [1.29, 1.82) is 0 Å². The molecule has 28 heavy (non-hydrogen) atoms. The van der Waals surface area contributed by atoms with Crippen LogP contribution in [0.3, 0.4) is 0 Å². The van der Waals surface area contributed by atoms with Gasteiger partial charge in [0, 0.05) is 25.9 Å². The summed E-state index contributed by atoms with van der Waals surface area (Å²) in [4.78, 5) is 15.9. The Hall–Kier alpha value is -2.70. The van der Waals surface area contributed by atoms with Crippen molar-refractivity contribution in [2.45, 2.75) is 52.4 Å². The zero-order chi connectivity index (χ0) is 19.8. The molecule has 0 saturated heterocycles. The van der Waals surface area contributed by atoms with Crippen molar-refractivity contribution in [2.75, 3.05) is 24.3 Å². The second-order valence-electron chi connectivity index (χ2n) is 8.01. The van der Waals surface area contributed by atoms with Crippen molar-refractivity contribution < 1.29 is 0 Å². The Morgan fingerprint density at radius 3 is 2.71 bits per heavy atom. The molecule has 1 fully saturated rings. The Bertz CT molecular complexity index is 988. The van der Waals surface area contributed by atoms with E-state index in [9.17, 15) is 0 Å². The minimum absolute atomic E-state index is 0.544. The molecule has 1 atom stereocenters. The number of pyridine rings is 1. The quantitative estimate of drug-likeness (QED) is 0.662. The normalized spacial score (nSPS) is 15.0. The average Bonchev–Trinajstić information content (AvgIpc) is 3.41. The molecule has 0 amide bonds. The third-order valence-electron chi connectivity index (χ3n) is 5.50. The van der Waals surface area contributed by atoms with Gasteiger partial charge < -0.3 is 10.2 Å². The molecule has 7 nitrogen and oxygen atoms in total. The summed E-state index contributed by atoms with van der Waals surface area (Å²) in [5.41, 5.74) is 4.23. The number of aromatic nitrogens is 5. The molecule has 3 aromatic rings. The molecule has 1 unspecified atom stereocenters. The summed E-state index contributed by atoms with van der Waals surface area (Å²) >= 11 is 0. The highest BCUT2D eigenvalue weighted by atomic mass is 15.4. The first kappa shape index (κ1) is 18.7. The van der Waals surface area contributed by atoms with Gasteiger partial charge in [0.1, 0.15) is 5.82 Å². The summed E-state index contributed by atoms with van der Waals surface area (Å²) in [6.45, 7) is 6.26. The van der Waals surface area contributed by atoms with E-state index in [0.29, 0.717) is 11.9 Å². The van der Waals surface area contributed by atoms with Crippen LogP contribution in [-0.4, -0.2) is 38.7 Å². The van der Waals surface area contributed by atoms with Crippen LogP contribution in [0.15, 0.2) is 18.5 Å². The molecule has 0 radical (unpaired) electrons. The fraction of sp³-hybridized carbons (Fsp3) is 0.524. The smallest absolute Gasteiger partial charge is 0.232 e. The predicted molar refractivity (Wildman–Crippen MR) is 112 cm³/mol. The van der Waals surface area contributed by atoms with Gasteiger partial charge in [-0.05, 0) is 56.6 Å². The number of nitrogens with one attached hydrogen (secondary N) is 1. The lowest BCUT2D eigenvalue weighted by molar-refractivity contribution is 0.552. The standard InChI is InChI=1S/C21H29N7/c1-6-7-16(15-8-9-15)17-12-23-28-19(17)24-14(3)25-21(28)26-18-13(2)10-11-22-20(18)27(4)5/h10-12,15-16H,6-9H2,1-5H3,(H,24,25,26). The molecule has 0 spiro atoms. The van der Waals surface area contributed by atoms with Gasteiger partial charge in [-0.3, -0.25) is 0 Å². The summed E-state index contributed by atoms with van der Waals surface area (Å²) in [6, 6.07) is 2.00. The predicted octanol–water partition coefficient (Wildman–Crippen LogP) is 4.24. The average molecular weight is 380 g/mol. The number of rotatable bonds is 7. The number of nitrogens with zero attached hydrogens (tertiary/aromatic N) is 6. The van der Waals surface area contributed by atoms with Crippen molar-refractivity contribution in [1.82, 2.24) is 24.6 Å². The number of anilines is 3. The van der Waals surface area contributed by atoms with Crippen molar-refractivity contribution >= 4 is 23.1 Å². The minimum atomic E-state index is 0.544. The summed E-state index contributed by atoms with van der Waals surface area (Å²) in [5.74, 6) is 3.62. The van der Waals surface area contributed by atoms with Gasteiger partial charge in [0.25, 0.3) is 0 Å². The fourth-order valence-corrected chi connectivity index (χ4v) is 3.95. The number of fused-ring (bicyclic) bond motifs is 1. The van der Waals surface area contributed by atoms with Gasteiger partial charge in [-0.1, -0.05) is 13.3 Å². The van der Waals surface area contributed by atoms with Crippen molar-refractivity contribution in [3.05, 3.63) is 35.4 Å². The second kappa shape index (κ2) is 7.37. The van der Waals surface area contributed by atoms with E-state index in [1.165, 1.54) is 31.2 Å². The maximum Gasteiger partial charge on any atom is 0.232 e. The van der Waals surface area contributed by atoms with Crippen molar-refractivity contribution in [3.63, 3.8) is 0 Å². The lowest BCUT2D eigenvalue weighted by Gasteiger charge is -2.19. The molecule has 1 aliphatic carbocycles. The highest BCUT2D eigenvalue weighted by molar-refractivity contribution is 5.73. The summed E-state index contributed by atoms with van der Waals surface area (Å²) in [6.07, 6.45) is 8.82. The van der Waals surface area contributed by atoms with Gasteiger partial charge in [-0.15, -0.1) is 0 Å². The minimum Gasteiger partial charge on any atom is -0.361 e. The van der Waals surface area contributed by atoms with Crippen LogP contribution >= 0.6 is 0 Å². The molecule has 4 rings (SSSR count).